The molecule has 1 aromatic carbocycles. The molecule has 21 heavy (non-hydrogen) atoms. The third kappa shape index (κ3) is 2.47. The lowest BCUT2D eigenvalue weighted by atomic mass is 9.95. The van der Waals surface area contributed by atoms with Crippen LogP contribution >= 0.6 is 0 Å². The van der Waals surface area contributed by atoms with Crippen LogP contribution < -0.4 is 16.8 Å². The van der Waals surface area contributed by atoms with Gasteiger partial charge in [-0.05, 0) is 37.4 Å². The maximum atomic E-state index is 12.3. The van der Waals surface area contributed by atoms with Crippen molar-refractivity contribution >= 4 is 22.7 Å². The number of carbonyl (C=O) groups excluding carboxylic acids is 1. The number of fused-ring (bicyclic) bond motifs is 1. The van der Waals surface area contributed by atoms with Crippen LogP contribution in [0.4, 0.5) is 5.69 Å². The topological polar surface area (TPSA) is 90.3 Å². The van der Waals surface area contributed by atoms with Crippen LogP contribution in [0.5, 0.6) is 0 Å². The number of aryl methyl sites for hydroxylation is 1. The lowest BCUT2D eigenvalue weighted by Crippen LogP contribution is -2.29. The van der Waals surface area contributed by atoms with Gasteiger partial charge in [-0.25, -0.2) is 4.79 Å². The van der Waals surface area contributed by atoms with E-state index < -0.39 is 5.76 Å². The molecule has 1 aliphatic rings. The highest BCUT2D eigenvalue weighted by Gasteiger charge is 2.31. The molecule has 0 saturated heterocycles. The van der Waals surface area contributed by atoms with Crippen molar-refractivity contribution in [3.8, 4) is 0 Å². The van der Waals surface area contributed by atoms with Crippen molar-refractivity contribution in [2.75, 3.05) is 11.9 Å². The lowest BCUT2D eigenvalue weighted by Gasteiger charge is -2.17. The van der Waals surface area contributed by atoms with Gasteiger partial charge in [-0.1, -0.05) is 6.42 Å². The maximum Gasteiger partial charge on any atom is 0.419 e. The molecule has 1 heterocycles. The van der Waals surface area contributed by atoms with Crippen molar-refractivity contribution in [3.05, 3.63) is 28.7 Å². The van der Waals surface area contributed by atoms with Gasteiger partial charge in [0.1, 0.15) is 0 Å². The van der Waals surface area contributed by atoms with Crippen molar-refractivity contribution in [1.82, 2.24) is 4.57 Å². The SMILES string of the molecule is Cn1c(=O)oc2cc(NC(=O)[C@@H]3CCC[C@@H]3CN)ccc21. The Kier molecular flexibility index (Phi) is 3.55. The molecule has 2 aromatic rings. The number of nitrogens with zero attached hydrogens (tertiary/aromatic N) is 1. The van der Waals surface area contributed by atoms with Gasteiger partial charge < -0.3 is 15.5 Å². The lowest BCUT2D eigenvalue weighted by molar-refractivity contribution is -0.120. The van der Waals surface area contributed by atoms with E-state index in [1.165, 1.54) is 4.57 Å². The number of benzene rings is 1. The average Bonchev–Trinajstić information content (AvgIpc) is 3.04. The molecule has 1 amide bonds. The number of anilines is 1. The molecular weight excluding hydrogens is 270 g/mol. The van der Waals surface area contributed by atoms with Crippen LogP contribution in [0, 0.1) is 11.8 Å². The number of hydrogen-bond donors (Lipinski definition) is 2. The summed E-state index contributed by atoms with van der Waals surface area (Å²) in [6.07, 6.45) is 2.95. The Hall–Kier alpha value is -2.08. The van der Waals surface area contributed by atoms with Crippen LogP contribution in [-0.2, 0) is 11.8 Å². The van der Waals surface area contributed by atoms with Gasteiger partial charge in [-0.2, -0.15) is 0 Å². The van der Waals surface area contributed by atoms with Gasteiger partial charge >= 0.3 is 5.76 Å². The fraction of sp³-hybridized carbons (Fsp3) is 0.467. The van der Waals surface area contributed by atoms with Crippen molar-refractivity contribution in [2.45, 2.75) is 19.3 Å². The van der Waals surface area contributed by atoms with Crippen molar-refractivity contribution < 1.29 is 9.21 Å². The van der Waals surface area contributed by atoms with Gasteiger partial charge in [0.15, 0.2) is 5.58 Å². The Morgan fingerprint density at radius 1 is 1.48 bits per heavy atom. The van der Waals surface area contributed by atoms with Crippen LogP contribution in [0.2, 0.25) is 0 Å². The Morgan fingerprint density at radius 2 is 2.29 bits per heavy atom. The standard InChI is InChI=1S/C15H19N3O3/c1-18-12-6-5-10(7-13(12)21-15(18)20)17-14(19)11-4-2-3-9(11)8-16/h5-7,9,11H,2-4,8,16H2,1H3,(H,17,19)/t9-,11-/m1/s1. The molecule has 6 nitrogen and oxygen atoms in total. The first kappa shape index (κ1) is 13.9. The van der Waals surface area contributed by atoms with Gasteiger partial charge in [-0.3, -0.25) is 9.36 Å². The number of rotatable bonds is 3. The van der Waals surface area contributed by atoms with Crippen LogP contribution in [-0.4, -0.2) is 17.0 Å². The van der Waals surface area contributed by atoms with Crippen molar-refractivity contribution in [3.63, 3.8) is 0 Å². The fourth-order valence-electron chi connectivity index (χ4n) is 3.11. The number of amides is 1. The van der Waals surface area contributed by atoms with E-state index in [4.69, 9.17) is 10.2 Å². The zero-order chi connectivity index (χ0) is 15.0. The highest BCUT2D eigenvalue weighted by molar-refractivity contribution is 5.94. The van der Waals surface area contributed by atoms with E-state index >= 15 is 0 Å². The van der Waals surface area contributed by atoms with Crippen molar-refractivity contribution in [2.24, 2.45) is 24.6 Å². The highest BCUT2D eigenvalue weighted by atomic mass is 16.4. The number of oxazole rings is 1. The largest absolute Gasteiger partial charge is 0.419 e. The third-order valence-corrected chi connectivity index (χ3v) is 4.36. The number of nitrogens with one attached hydrogen (secondary N) is 1. The number of aromatic nitrogens is 1. The van der Waals surface area contributed by atoms with Gasteiger partial charge in [0.05, 0.1) is 5.52 Å². The Balaban J connectivity index is 1.81. The van der Waals surface area contributed by atoms with E-state index in [1.807, 2.05) is 0 Å². The summed E-state index contributed by atoms with van der Waals surface area (Å²) in [4.78, 5) is 23.8. The second-order valence-corrected chi connectivity index (χ2v) is 5.63. The summed E-state index contributed by atoms with van der Waals surface area (Å²) in [5.41, 5.74) is 7.54. The summed E-state index contributed by atoms with van der Waals surface area (Å²) in [5.74, 6) is -0.162. The number of nitrogens with two attached hydrogens (primary N) is 1. The first-order chi connectivity index (χ1) is 10.1. The first-order valence-electron chi connectivity index (χ1n) is 7.20. The molecule has 1 saturated carbocycles. The zero-order valence-corrected chi connectivity index (χ0v) is 12.0. The summed E-state index contributed by atoms with van der Waals surface area (Å²) in [6, 6.07) is 5.23. The maximum absolute atomic E-state index is 12.3. The van der Waals surface area contributed by atoms with Gasteiger partial charge in [0, 0.05) is 24.7 Å². The second kappa shape index (κ2) is 5.37. The van der Waals surface area contributed by atoms with Crippen LogP contribution in [0.3, 0.4) is 0 Å². The van der Waals surface area contributed by atoms with Gasteiger partial charge in [-0.15, -0.1) is 0 Å². The zero-order valence-electron chi connectivity index (χ0n) is 12.0. The minimum absolute atomic E-state index is 0.000535. The molecule has 1 aliphatic carbocycles. The molecule has 6 heteroatoms. The molecule has 0 bridgehead atoms. The Morgan fingerprint density at radius 3 is 3.05 bits per heavy atom. The van der Waals surface area contributed by atoms with E-state index in [9.17, 15) is 9.59 Å². The molecule has 0 aliphatic heterocycles. The van der Waals surface area contributed by atoms with Crippen LogP contribution in [0.25, 0.3) is 11.1 Å². The summed E-state index contributed by atoms with van der Waals surface area (Å²) in [7, 11) is 1.65. The van der Waals surface area contributed by atoms with E-state index in [0.717, 1.165) is 19.3 Å². The fourth-order valence-corrected chi connectivity index (χ4v) is 3.11. The number of hydrogen-bond acceptors (Lipinski definition) is 4. The van der Waals surface area contributed by atoms with Gasteiger partial charge in [0.2, 0.25) is 5.91 Å². The van der Waals surface area contributed by atoms with Crippen molar-refractivity contribution in [1.29, 1.82) is 0 Å². The quantitative estimate of drug-likeness (QED) is 0.894. The molecule has 0 unspecified atom stereocenters. The Labute approximate surface area is 121 Å². The molecule has 0 spiro atoms. The van der Waals surface area contributed by atoms with Crippen LogP contribution in [0.1, 0.15) is 19.3 Å². The average molecular weight is 289 g/mol. The highest BCUT2D eigenvalue weighted by Crippen LogP contribution is 2.32. The predicted molar refractivity (Wildman–Crippen MR) is 80.0 cm³/mol. The molecule has 112 valence electrons. The molecule has 1 aromatic heterocycles. The normalized spacial score (nSPS) is 21.8. The number of carbonyl (C=O) groups is 1. The molecule has 3 rings (SSSR count). The van der Waals surface area contributed by atoms with E-state index in [2.05, 4.69) is 5.32 Å². The molecule has 2 atom stereocenters. The molecule has 3 N–H and O–H groups in total. The molecule has 0 radical (unpaired) electrons. The smallest absolute Gasteiger partial charge is 0.408 e. The molecular formula is C15H19N3O3. The molecule has 1 fully saturated rings. The Bertz CT molecular complexity index is 731. The minimum Gasteiger partial charge on any atom is -0.408 e. The monoisotopic (exact) mass is 289 g/mol. The summed E-state index contributed by atoms with van der Waals surface area (Å²) in [5, 5.41) is 2.90. The predicted octanol–water partition coefficient (Wildman–Crippen LogP) is 1.44. The minimum atomic E-state index is -0.410. The third-order valence-electron chi connectivity index (χ3n) is 4.36. The van der Waals surface area contributed by atoms with Crippen LogP contribution in [0.15, 0.2) is 27.4 Å². The van der Waals surface area contributed by atoms with E-state index in [0.29, 0.717) is 23.3 Å². The second-order valence-electron chi connectivity index (χ2n) is 5.63. The first-order valence-corrected chi connectivity index (χ1v) is 7.20. The summed E-state index contributed by atoms with van der Waals surface area (Å²) >= 11 is 0. The summed E-state index contributed by atoms with van der Waals surface area (Å²) < 4.78 is 6.56. The summed E-state index contributed by atoms with van der Waals surface area (Å²) in [6.45, 7) is 0.546. The van der Waals surface area contributed by atoms with E-state index in [1.54, 1.807) is 25.2 Å². The van der Waals surface area contributed by atoms with Gasteiger partial charge in [0.25, 0.3) is 0 Å². The van der Waals surface area contributed by atoms with E-state index in [-0.39, 0.29) is 17.7 Å².